The first kappa shape index (κ1) is 25.1. The second-order valence-corrected chi connectivity index (χ2v) is 8.79. The number of unbranched alkanes of at least 4 members (excludes halogenated alkanes) is 1. The number of hydrogen-bond acceptors (Lipinski definition) is 5. The molecule has 0 radical (unpaired) electrons. The summed E-state index contributed by atoms with van der Waals surface area (Å²) < 4.78 is 41.9. The molecule has 0 spiro atoms. The fraction of sp³-hybridized carbons (Fsp3) is 0.435. The summed E-state index contributed by atoms with van der Waals surface area (Å²) in [7, 11) is 0.352. The van der Waals surface area contributed by atoms with Gasteiger partial charge in [-0.25, -0.2) is 13.2 Å². The van der Waals surface area contributed by atoms with Crippen molar-refractivity contribution in [1.82, 2.24) is 0 Å². The number of benzene rings is 2. The predicted octanol–water partition coefficient (Wildman–Crippen LogP) is 3.41. The summed E-state index contributed by atoms with van der Waals surface area (Å²) in [6.45, 7) is 0. The molecule has 33 heavy (non-hydrogen) atoms. The highest BCUT2D eigenvalue weighted by Gasteiger charge is 2.49. The first-order valence-electron chi connectivity index (χ1n) is 10.9. The topological polar surface area (TPSA) is 107 Å². The molecule has 0 saturated heterocycles. The number of aliphatic carboxylic acids is 1. The zero-order valence-electron chi connectivity index (χ0n) is 18.3. The van der Waals surface area contributed by atoms with E-state index in [-0.39, 0.29) is 35.8 Å². The minimum atomic E-state index is -1.42. The third kappa shape index (κ3) is 5.51. The molecule has 0 aromatic heterocycles. The van der Waals surface area contributed by atoms with Gasteiger partial charge in [0.1, 0.15) is 23.0 Å². The van der Waals surface area contributed by atoms with E-state index in [1.165, 1.54) is 18.2 Å². The van der Waals surface area contributed by atoms with Crippen LogP contribution in [-0.4, -0.2) is 46.9 Å². The highest BCUT2D eigenvalue weighted by atomic mass is 19.1. The van der Waals surface area contributed by atoms with Crippen molar-refractivity contribution in [3.05, 3.63) is 53.8 Å². The Balaban J connectivity index is 1.65. The highest BCUT2D eigenvalue weighted by Crippen LogP contribution is 2.42. The maximum atomic E-state index is 14.7. The van der Waals surface area contributed by atoms with Crippen LogP contribution in [0.3, 0.4) is 0 Å². The Hall–Kier alpha value is -2.56. The van der Waals surface area contributed by atoms with Crippen LogP contribution in [0, 0.1) is 23.4 Å². The normalized spacial score (nSPS) is 19.5. The fourth-order valence-electron chi connectivity index (χ4n) is 4.42. The predicted molar refractivity (Wildman–Crippen MR) is 120 cm³/mol. The van der Waals surface area contributed by atoms with Gasteiger partial charge in [-0.3, -0.25) is 4.79 Å². The van der Waals surface area contributed by atoms with E-state index < -0.39 is 36.1 Å². The van der Waals surface area contributed by atoms with Crippen molar-refractivity contribution in [2.75, 3.05) is 11.9 Å². The lowest BCUT2D eigenvalue weighted by Gasteiger charge is -2.48. The minimum Gasteiger partial charge on any atom is -0.480 e. The molecule has 10 heteroatoms. The van der Waals surface area contributed by atoms with Crippen molar-refractivity contribution in [3.8, 4) is 11.1 Å². The molecule has 1 aliphatic carbocycles. The Morgan fingerprint density at radius 1 is 1.09 bits per heavy atom. The lowest BCUT2D eigenvalue weighted by molar-refractivity contribution is -0.147. The summed E-state index contributed by atoms with van der Waals surface area (Å²) in [4.78, 5) is 13.7. The molecule has 0 heterocycles. The zero-order valence-corrected chi connectivity index (χ0v) is 18.3. The number of anilines is 1. The molecule has 1 fully saturated rings. The molecule has 3 rings (SSSR count). The van der Waals surface area contributed by atoms with Crippen molar-refractivity contribution < 1.29 is 33.1 Å². The number of carboxylic acids is 1. The first-order chi connectivity index (χ1) is 15.5. The third-order valence-corrected chi connectivity index (χ3v) is 6.67. The Bertz CT molecular complexity index is 1000. The number of nitrogens with zero attached hydrogens (tertiary/aromatic N) is 1. The quantitative estimate of drug-likeness (QED) is 0.317. The van der Waals surface area contributed by atoms with Crippen LogP contribution in [0.25, 0.3) is 11.1 Å². The van der Waals surface area contributed by atoms with Crippen LogP contribution in [0.5, 0.6) is 0 Å². The molecular formula is C23H28BF3N2O4. The number of halogens is 3. The van der Waals surface area contributed by atoms with Gasteiger partial charge >= 0.3 is 13.1 Å². The van der Waals surface area contributed by atoms with E-state index in [9.17, 15) is 23.1 Å². The van der Waals surface area contributed by atoms with Gasteiger partial charge in [0.2, 0.25) is 0 Å². The van der Waals surface area contributed by atoms with Crippen LogP contribution in [0.4, 0.5) is 18.9 Å². The smallest absolute Gasteiger partial charge is 0.451 e. The monoisotopic (exact) mass is 464 g/mol. The zero-order chi connectivity index (χ0) is 24.3. The van der Waals surface area contributed by atoms with Crippen LogP contribution >= 0.6 is 0 Å². The van der Waals surface area contributed by atoms with Gasteiger partial charge in [0.25, 0.3) is 0 Å². The lowest BCUT2D eigenvalue weighted by atomic mass is 9.65. The molecule has 0 aliphatic heterocycles. The largest absolute Gasteiger partial charge is 0.480 e. The maximum Gasteiger partial charge on any atom is 0.451 e. The van der Waals surface area contributed by atoms with Gasteiger partial charge in [-0.1, -0.05) is 12.8 Å². The van der Waals surface area contributed by atoms with E-state index in [0.717, 1.165) is 6.07 Å². The van der Waals surface area contributed by atoms with Gasteiger partial charge in [-0.15, -0.1) is 0 Å². The Morgan fingerprint density at radius 3 is 2.24 bits per heavy atom. The first-order valence-corrected chi connectivity index (χ1v) is 10.9. The Labute approximate surface area is 191 Å². The lowest BCUT2D eigenvalue weighted by Crippen LogP contribution is -2.61. The summed E-state index contributed by atoms with van der Waals surface area (Å²) in [5, 5.41) is 27.6. The van der Waals surface area contributed by atoms with Gasteiger partial charge in [0.15, 0.2) is 0 Å². The molecule has 0 bridgehead atoms. The third-order valence-electron chi connectivity index (χ3n) is 6.67. The minimum absolute atomic E-state index is 0.0241. The molecule has 0 amide bonds. The second kappa shape index (κ2) is 10.2. The van der Waals surface area contributed by atoms with Gasteiger partial charge in [0.05, 0.1) is 0 Å². The molecule has 1 aliphatic rings. The van der Waals surface area contributed by atoms with Crippen molar-refractivity contribution >= 4 is 18.8 Å². The van der Waals surface area contributed by atoms with Gasteiger partial charge in [-0.05, 0) is 61.8 Å². The van der Waals surface area contributed by atoms with E-state index in [2.05, 4.69) is 0 Å². The fourth-order valence-corrected chi connectivity index (χ4v) is 4.42. The van der Waals surface area contributed by atoms with Gasteiger partial charge in [-0.2, -0.15) is 0 Å². The van der Waals surface area contributed by atoms with Crippen LogP contribution in [0.1, 0.15) is 32.1 Å². The molecular weight excluding hydrogens is 436 g/mol. The molecule has 2 aromatic carbocycles. The highest BCUT2D eigenvalue weighted by molar-refractivity contribution is 6.40. The Kier molecular flexibility index (Phi) is 7.71. The van der Waals surface area contributed by atoms with Crippen LogP contribution in [0.15, 0.2) is 36.4 Å². The van der Waals surface area contributed by atoms with Crippen molar-refractivity contribution in [2.24, 2.45) is 11.7 Å². The molecule has 178 valence electrons. The standard InChI is InChI=1S/C23H28BF3N2O4/c1-29(16-5-7-19(21(27)13-16)18-6-4-15(25)12-20(18)26)17-10-14(11-17)23(28,22(30)31)8-2-3-9-24(32)33/h4-7,12-14,17,32-33H,2-3,8-11,28H2,1H3,(H,30,31)/t14-,17-,23-/m0/s1. The van der Waals surface area contributed by atoms with E-state index in [1.807, 2.05) is 4.90 Å². The Morgan fingerprint density at radius 2 is 1.70 bits per heavy atom. The SMILES string of the molecule is CN(c1ccc(-c2ccc(F)cc2F)c(F)c1)[C@H]1C[C@H]([C@@](N)(CCCCB(O)O)C(=O)O)C1. The summed E-state index contributed by atoms with van der Waals surface area (Å²) in [6.07, 6.45) is 2.33. The molecule has 6 nitrogen and oxygen atoms in total. The molecule has 1 saturated carbocycles. The van der Waals surface area contributed by atoms with E-state index >= 15 is 0 Å². The van der Waals surface area contributed by atoms with E-state index in [1.54, 1.807) is 13.1 Å². The van der Waals surface area contributed by atoms with Gasteiger partial charge in [0, 0.05) is 36.0 Å². The van der Waals surface area contributed by atoms with Crippen molar-refractivity contribution in [2.45, 2.75) is 50.0 Å². The summed E-state index contributed by atoms with van der Waals surface area (Å²) >= 11 is 0. The molecule has 0 unspecified atom stereocenters. The van der Waals surface area contributed by atoms with Gasteiger partial charge < -0.3 is 25.8 Å². The molecule has 2 aromatic rings. The molecule has 5 N–H and O–H groups in total. The summed E-state index contributed by atoms with van der Waals surface area (Å²) in [5.41, 5.74) is 5.37. The average molecular weight is 464 g/mol. The number of carbonyl (C=O) groups is 1. The van der Waals surface area contributed by atoms with Crippen molar-refractivity contribution in [3.63, 3.8) is 0 Å². The van der Waals surface area contributed by atoms with Crippen LogP contribution < -0.4 is 10.6 Å². The maximum absolute atomic E-state index is 14.7. The van der Waals surface area contributed by atoms with E-state index in [0.29, 0.717) is 37.4 Å². The number of nitrogens with two attached hydrogens (primary N) is 1. The number of rotatable bonds is 10. The van der Waals surface area contributed by atoms with Crippen LogP contribution in [0.2, 0.25) is 6.32 Å². The number of carboxylic acid groups (broad SMARTS) is 1. The number of hydrogen-bond donors (Lipinski definition) is 4. The van der Waals surface area contributed by atoms with Crippen molar-refractivity contribution in [1.29, 1.82) is 0 Å². The summed E-state index contributed by atoms with van der Waals surface area (Å²) in [6, 6.07) is 7.28. The summed E-state index contributed by atoms with van der Waals surface area (Å²) in [5.74, 6) is -3.59. The average Bonchev–Trinajstić information content (AvgIpc) is 2.70. The second-order valence-electron chi connectivity index (χ2n) is 8.79. The van der Waals surface area contributed by atoms with E-state index in [4.69, 9.17) is 15.8 Å². The van der Waals surface area contributed by atoms with Crippen LogP contribution in [-0.2, 0) is 4.79 Å². The molecule has 1 atom stereocenters.